The van der Waals surface area contributed by atoms with Crippen LogP contribution in [0.3, 0.4) is 0 Å². The minimum Gasteiger partial charge on any atom is -0.346 e. The summed E-state index contributed by atoms with van der Waals surface area (Å²) >= 11 is -2.28. The molecule has 3 atom stereocenters. The third-order valence-electron chi connectivity index (χ3n) is 6.55. The molecule has 2 aromatic carbocycles. The summed E-state index contributed by atoms with van der Waals surface area (Å²) in [7, 11) is 0. The molecule has 3 N–H and O–H groups in total. The Morgan fingerprint density at radius 3 is 2.54 bits per heavy atom. The fourth-order valence-corrected chi connectivity index (χ4v) is 5.10. The van der Waals surface area contributed by atoms with Crippen molar-refractivity contribution in [1.82, 2.24) is 19.8 Å². The van der Waals surface area contributed by atoms with Crippen molar-refractivity contribution in [1.29, 1.82) is 0 Å². The Morgan fingerprint density at radius 1 is 1.17 bits per heavy atom. The van der Waals surface area contributed by atoms with Crippen LogP contribution in [0.5, 0.6) is 0 Å². The van der Waals surface area contributed by atoms with E-state index in [1.54, 1.807) is 6.92 Å². The van der Waals surface area contributed by atoms with Gasteiger partial charge in [-0.25, -0.2) is 4.21 Å². The number of terminal acetylenes is 1. The molecule has 1 aliphatic heterocycles. The Kier molecular flexibility index (Phi) is 9.81. The van der Waals surface area contributed by atoms with Crippen LogP contribution in [0.4, 0.5) is 0 Å². The number of hydrogen-bond acceptors (Lipinski definition) is 4. The highest BCUT2D eigenvalue weighted by molar-refractivity contribution is 7.76. The molecule has 188 valence electrons. The standard InChI is InChI=1S/C26H34N4O4S/c1-4-19(2)28-25(31)16-27-26(32)18-30(35(33)34)17-21-12-14-29(15-13-21)20(3)23-11-7-9-22-8-5-6-10-24(22)23/h1,5-11,19-21H,12-18H2,2-3H3,(H,27,32)(H,28,31)(H,33,34). The van der Waals surface area contributed by atoms with Gasteiger partial charge in [-0.15, -0.1) is 6.42 Å². The van der Waals surface area contributed by atoms with Gasteiger partial charge in [-0.1, -0.05) is 48.4 Å². The zero-order chi connectivity index (χ0) is 25.4. The quantitative estimate of drug-likeness (QED) is 0.345. The Morgan fingerprint density at radius 2 is 1.86 bits per heavy atom. The van der Waals surface area contributed by atoms with Gasteiger partial charge >= 0.3 is 0 Å². The van der Waals surface area contributed by atoms with Crippen molar-refractivity contribution in [3.63, 3.8) is 0 Å². The van der Waals surface area contributed by atoms with Gasteiger partial charge in [-0.3, -0.25) is 19.0 Å². The summed E-state index contributed by atoms with van der Waals surface area (Å²) in [6.07, 6.45) is 6.96. The summed E-state index contributed by atoms with van der Waals surface area (Å²) in [4.78, 5) is 26.4. The lowest BCUT2D eigenvalue weighted by molar-refractivity contribution is -0.126. The van der Waals surface area contributed by atoms with Crippen LogP contribution < -0.4 is 10.6 Å². The molecule has 1 aliphatic rings. The predicted octanol–water partition coefficient (Wildman–Crippen LogP) is 2.31. The largest absolute Gasteiger partial charge is 0.346 e. The van der Waals surface area contributed by atoms with Crippen molar-refractivity contribution in [3.05, 3.63) is 48.0 Å². The van der Waals surface area contributed by atoms with Gasteiger partial charge in [-0.05, 0) is 62.0 Å². The third-order valence-corrected chi connectivity index (χ3v) is 7.27. The molecule has 0 saturated carbocycles. The number of nitrogens with one attached hydrogen (secondary N) is 2. The first-order valence-electron chi connectivity index (χ1n) is 11.9. The van der Waals surface area contributed by atoms with Crippen molar-refractivity contribution < 1.29 is 18.4 Å². The first kappa shape index (κ1) is 26.8. The van der Waals surface area contributed by atoms with Gasteiger partial charge in [0.25, 0.3) is 0 Å². The van der Waals surface area contributed by atoms with Crippen LogP contribution in [0.1, 0.15) is 38.3 Å². The fraction of sp³-hybridized carbons (Fsp3) is 0.462. The number of amides is 2. The molecule has 3 rings (SSSR count). The van der Waals surface area contributed by atoms with Gasteiger partial charge in [-0.2, -0.15) is 4.31 Å². The Hall–Kier alpha value is -2.77. The Labute approximate surface area is 209 Å². The topological polar surface area (TPSA) is 102 Å². The van der Waals surface area contributed by atoms with E-state index in [4.69, 9.17) is 6.42 Å². The maximum absolute atomic E-state index is 12.2. The van der Waals surface area contributed by atoms with Crippen LogP contribution in [0.15, 0.2) is 42.5 Å². The number of likely N-dealkylation sites (tertiary alicyclic amines) is 1. The third kappa shape index (κ3) is 7.61. The Balaban J connectivity index is 1.50. The molecule has 9 heteroatoms. The van der Waals surface area contributed by atoms with Gasteiger partial charge < -0.3 is 10.6 Å². The van der Waals surface area contributed by atoms with Gasteiger partial charge in [0.1, 0.15) is 0 Å². The molecule has 1 heterocycles. The Bertz CT molecular complexity index is 1090. The lowest BCUT2D eigenvalue weighted by Crippen LogP contribution is -2.46. The summed E-state index contributed by atoms with van der Waals surface area (Å²) in [5.41, 5.74) is 1.30. The molecule has 0 spiro atoms. The summed E-state index contributed by atoms with van der Waals surface area (Å²) in [6, 6.07) is 14.6. The van der Waals surface area contributed by atoms with E-state index in [1.165, 1.54) is 20.6 Å². The van der Waals surface area contributed by atoms with E-state index in [0.29, 0.717) is 6.54 Å². The SMILES string of the molecule is C#CC(C)NC(=O)CNC(=O)CN(CC1CCN(C(C)c2cccc3ccccc23)CC1)S(=O)O. The van der Waals surface area contributed by atoms with Crippen molar-refractivity contribution in [2.45, 2.75) is 38.8 Å². The van der Waals surface area contributed by atoms with E-state index >= 15 is 0 Å². The van der Waals surface area contributed by atoms with Crippen molar-refractivity contribution in [2.24, 2.45) is 5.92 Å². The molecule has 0 radical (unpaired) electrons. The maximum atomic E-state index is 12.2. The zero-order valence-electron chi connectivity index (χ0n) is 20.3. The average molecular weight is 499 g/mol. The number of hydrogen-bond donors (Lipinski definition) is 3. The van der Waals surface area contributed by atoms with E-state index in [2.05, 4.69) is 64.8 Å². The van der Waals surface area contributed by atoms with Crippen molar-refractivity contribution in [2.75, 3.05) is 32.7 Å². The van der Waals surface area contributed by atoms with E-state index in [0.717, 1.165) is 25.9 Å². The first-order valence-corrected chi connectivity index (χ1v) is 12.9. The zero-order valence-corrected chi connectivity index (χ0v) is 21.1. The summed E-state index contributed by atoms with van der Waals surface area (Å²) < 4.78 is 22.8. The van der Waals surface area contributed by atoms with Gasteiger partial charge in [0, 0.05) is 12.6 Å². The minimum absolute atomic E-state index is 0.203. The molecule has 3 unspecified atom stereocenters. The number of piperidine rings is 1. The van der Waals surface area contributed by atoms with E-state index in [1.807, 2.05) is 6.07 Å². The van der Waals surface area contributed by atoms with Crippen LogP contribution >= 0.6 is 0 Å². The fourth-order valence-electron chi connectivity index (χ4n) is 4.53. The van der Waals surface area contributed by atoms with Gasteiger partial charge in [0.15, 0.2) is 0 Å². The lowest BCUT2D eigenvalue weighted by atomic mass is 9.93. The van der Waals surface area contributed by atoms with Crippen LogP contribution in [0, 0.1) is 18.3 Å². The maximum Gasteiger partial charge on any atom is 0.240 e. The highest BCUT2D eigenvalue weighted by atomic mass is 32.2. The highest BCUT2D eigenvalue weighted by Gasteiger charge is 2.27. The number of rotatable bonds is 10. The second-order valence-corrected chi connectivity index (χ2v) is 9.99. The van der Waals surface area contributed by atoms with Crippen molar-refractivity contribution in [3.8, 4) is 12.3 Å². The van der Waals surface area contributed by atoms with Gasteiger partial charge in [0.05, 0.1) is 19.1 Å². The normalized spacial score (nSPS) is 17.5. The highest BCUT2D eigenvalue weighted by Crippen LogP contribution is 2.31. The first-order chi connectivity index (χ1) is 16.8. The van der Waals surface area contributed by atoms with Crippen LogP contribution in [0.25, 0.3) is 10.8 Å². The molecule has 2 amide bonds. The molecule has 1 fully saturated rings. The number of carbonyl (C=O) groups excluding carboxylic acids is 2. The predicted molar refractivity (Wildman–Crippen MR) is 138 cm³/mol. The van der Waals surface area contributed by atoms with E-state index in [9.17, 15) is 18.4 Å². The average Bonchev–Trinajstić information content (AvgIpc) is 2.86. The molecule has 0 bridgehead atoms. The molecule has 8 nitrogen and oxygen atoms in total. The molecule has 2 aromatic rings. The van der Waals surface area contributed by atoms with Crippen molar-refractivity contribution >= 4 is 33.9 Å². The number of benzene rings is 2. The van der Waals surface area contributed by atoms with E-state index < -0.39 is 29.1 Å². The molecule has 0 aliphatic carbocycles. The van der Waals surface area contributed by atoms with Gasteiger partial charge in [0.2, 0.25) is 23.1 Å². The lowest BCUT2D eigenvalue weighted by Gasteiger charge is -2.37. The van der Waals surface area contributed by atoms with Crippen LogP contribution in [0.2, 0.25) is 0 Å². The number of nitrogens with zero attached hydrogens (tertiary/aromatic N) is 2. The number of carbonyl (C=O) groups is 2. The monoisotopic (exact) mass is 498 g/mol. The molecular weight excluding hydrogens is 464 g/mol. The van der Waals surface area contributed by atoms with Crippen LogP contribution in [-0.4, -0.2) is 68.5 Å². The second-order valence-electron chi connectivity index (χ2n) is 9.01. The molecule has 0 aromatic heterocycles. The summed E-state index contributed by atoms with van der Waals surface area (Å²) in [5.74, 6) is 1.68. The molecular formula is C26H34N4O4S. The molecule has 35 heavy (non-hydrogen) atoms. The second kappa shape index (κ2) is 12.8. The van der Waals surface area contributed by atoms with E-state index in [-0.39, 0.29) is 25.0 Å². The smallest absolute Gasteiger partial charge is 0.240 e. The van der Waals surface area contributed by atoms with Crippen LogP contribution in [-0.2, 0) is 20.9 Å². The number of fused-ring (bicyclic) bond motifs is 1. The minimum atomic E-state index is -2.28. The molecule has 1 saturated heterocycles. The summed E-state index contributed by atoms with van der Waals surface area (Å²) in [6.45, 7) is 5.48. The summed E-state index contributed by atoms with van der Waals surface area (Å²) in [5, 5.41) is 7.51.